The highest BCUT2D eigenvalue weighted by molar-refractivity contribution is 5.15. The van der Waals surface area contributed by atoms with Gasteiger partial charge in [-0.15, -0.1) is 0 Å². The standard InChI is InChI=1S/C22H40N2O.2HI/c1-6-24(5,7-2)16-17-25-22(18-20-12-9-8-10-13-20)21-14-11-15-23(3,4)19-21;;/h8-10,12-13,21-22H,6-7,11,14-19H2,1-5H3;2*1H/q+2;;/p-2. The zero-order chi connectivity index (χ0) is 18.3. The molecule has 0 amide bonds. The van der Waals surface area contributed by atoms with Crippen molar-refractivity contribution in [1.82, 2.24) is 0 Å². The zero-order valence-corrected chi connectivity index (χ0v) is 22.3. The Morgan fingerprint density at radius 3 is 2.30 bits per heavy atom. The fraction of sp³-hybridized carbons (Fsp3) is 0.727. The quantitative estimate of drug-likeness (QED) is 0.227. The number of piperidine rings is 1. The molecule has 2 rings (SSSR count). The lowest BCUT2D eigenvalue weighted by Crippen LogP contribution is -3.00. The number of likely N-dealkylation sites (tertiary alicyclic amines) is 1. The monoisotopic (exact) mass is 602 g/mol. The second kappa shape index (κ2) is 13.0. The molecule has 0 aromatic heterocycles. The molecule has 1 aromatic carbocycles. The predicted octanol–water partition coefficient (Wildman–Crippen LogP) is -2.40. The molecule has 0 N–H and O–H groups in total. The second-order valence-electron chi connectivity index (χ2n) is 8.82. The van der Waals surface area contributed by atoms with E-state index in [9.17, 15) is 0 Å². The van der Waals surface area contributed by atoms with Crippen molar-refractivity contribution in [1.29, 1.82) is 0 Å². The van der Waals surface area contributed by atoms with Gasteiger partial charge < -0.3 is 61.7 Å². The number of quaternary nitrogens is 2. The molecule has 2 unspecified atom stereocenters. The molecule has 0 aliphatic carbocycles. The van der Waals surface area contributed by atoms with Crippen LogP contribution in [0.2, 0.25) is 0 Å². The van der Waals surface area contributed by atoms with Crippen LogP contribution in [0.15, 0.2) is 30.3 Å². The van der Waals surface area contributed by atoms with E-state index in [0.29, 0.717) is 12.0 Å². The first-order chi connectivity index (χ1) is 11.9. The van der Waals surface area contributed by atoms with E-state index in [1.165, 1.54) is 44.6 Å². The van der Waals surface area contributed by atoms with E-state index < -0.39 is 0 Å². The van der Waals surface area contributed by atoms with Crippen molar-refractivity contribution < 1.29 is 61.7 Å². The van der Waals surface area contributed by atoms with Crippen LogP contribution in [0.25, 0.3) is 0 Å². The highest BCUT2D eigenvalue weighted by Crippen LogP contribution is 2.26. The number of halogens is 2. The van der Waals surface area contributed by atoms with Crippen LogP contribution in [0.3, 0.4) is 0 Å². The number of hydrogen-bond donors (Lipinski definition) is 0. The van der Waals surface area contributed by atoms with Gasteiger partial charge in [-0.25, -0.2) is 0 Å². The summed E-state index contributed by atoms with van der Waals surface area (Å²) in [6.45, 7) is 11.5. The molecule has 5 heteroatoms. The molecule has 1 aromatic rings. The van der Waals surface area contributed by atoms with E-state index in [1.54, 1.807) is 0 Å². The summed E-state index contributed by atoms with van der Waals surface area (Å²) < 4.78 is 8.79. The fourth-order valence-corrected chi connectivity index (χ4v) is 4.07. The van der Waals surface area contributed by atoms with Crippen LogP contribution in [-0.4, -0.2) is 75.5 Å². The SMILES string of the molecule is CC[N+](C)(CC)CCOC(Cc1ccccc1)C1CCC[N+](C)(C)C1.[I-].[I-]. The molecule has 1 aliphatic heterocycles. The molecule has 1 saturated heterocycles. The summed E-state index contributed by atoms with van der Waals surface area (Å²) >= 11 is 0. The Kier molecular flexibility index (Phi) is 13.3. The molecular weight excluding hydrogens is 562 g/mol. The summed E-state index contributed by atoms with van der Waals surface area (Å²) in [6.07, 6.45) is 4.03. The summed E-state index contributed by atoms with van der Waals surface area (Å²) in [6, 6.07) is 10.9. The van der Waals surface area contributed by atoms with Crippen LogP contribution in [0, 0.1) is 5.92 Å². The number of rotatable bonds is 9. The number of hydrogen-bond acceptors (Lipinski definition) is 1. The van der Waals surface area contributed by atoms with Crippen molar-refractivity contribution >= 4 is 0 Å². The van der Waals surface area contributed by atoms with E-state index >= 15 is 0 Å². The molecule has 27 heavy (non-hydrogen) atoms. The van der Waals surface area contributed by atoms with Crippen LogP contribution in [-0.2, 0) is 11.2 Å². The maximum atomic E-state index is 6.55. The fourth-order valence-electron chi connectivity index (χ4n) is 4.07. The Labute approximate surface area is 202 Å². The van der Waals surface area contributed by atoms with Crippen molar-refractivity contribution in [2.24, 2.45) is 5.92 Å². The van der Waals surface area contributed by atoms with E-state index in [2.05, 4.69) is 65.3 Å². The molecule has 0 radical (unpaired) electrons. The van der Waals surface area contributed by atoms with Crippen LogP contribution in [0.4, 0.5) is 0 Å². The Balaban J connectivity index is 0.00000338. The van der Waals surface area contributed by atoms with Crippen LogP contribution in [0.5, 0.6) is 0 Å². The minimum absolute atomic E-state index is 0. The smallest absolute Gasteiger partial charge is 0.102 e. The molecule has 0 bridgehead atoms. The van der Waals surface area contributed by atoms with E-state index in [-0.39, 0.29) is 48.0 Å². The van der Waals surface area contributed by atoms with Crippen molar-refractivity contribution in [3.8, 4) is 0 Å². The van der Waals surface area contributed by atoms with Gasteiger partial charge in [0, 0.05) is 5.92 Å². The molecule has 158 valence electrons. The first-order valence-electron chi connectivity index (χ1n) is 10.2. The largest absolute Gasteiger partial charge is 1.00 e. The van der Waals surface area contributed by atoms with Gasteiger partial charge in [-0.1, -0.05) is 30.3 Å². The molecule has 2 atom stereocenters. The van der Waals surface area contributed by atoms with Gasteiger partial charge in [-0.05, 0) is 38.7 Å². The van der Waals surface area contributed by atoms with Gasteiger partial charge >= 0.3 is 0 Å². The maximum absolute atomic E-state index is 6.55. The van der Waals surface area contributed by atoms with Gasteiger partial charge in [0.15, 0.2) is 0 Å². The van der Waals surface area contributed by atoms with Gasteiger partial charge in [0.25, 0.3) is 0 Å². The van der Waals surface area contributed by atoms with E-state index in [4.69, 9.17) is 4.74 Å². The number of benzene rings is 1. The first-order valence-corrected chi connectivity index (χ1v) is 10.2. The molecule has 0 spiro atoms. The average molecular weight is 602 g/mol. The second-order valence-corrected chi connectivity index (χ2v) is 8.82. The van der Waals surface area contributed by atoms with Gasteiger partial charge in [0.2, 0.25) is 0 Å². The molecule has 1 heterocycles. The average Bonchev–Trinajstić information content (AvgIpc) is 2.60. The zero-order valence-electron chi connectivity index (χ0n) is 18.0. The minimum atomic E-state index is 0. The Morgan fingerprint density at radius 2 is 1.74 bits per heavy atom. The number of likely N-dealkylation sites (N-methyl/N-ethyl adjacent to an activating group) is 1. The molecular formula is C22H40I2N2O. The molecule has 1 aliphatic rings. The highest BCUT2D eigenvalue weighted by Gasteiger charge is 2.34. The minimum Gasteiger partial charge on any atom is -1.00 e. The van der Waals surface area contributed by atoms with E-state index in [1.807, 2.05) is 0 Å². The molecule has 3 nitrogen and oxygen atoms in total. The number of ether oxygens (including phenoxy) is 1. The van der Waals surface area contributed by atoms with Gasteiger partial charge in [0.05, 0.1) is 60.0 Å². The summed E-state index contributed by atoms with van der Waals surface area (Å²) in [5, 5.41) is 0. The lowest BCUT2D eigenvalue weighted by molar-refractivity contribution is -0.906. The predicted molar refractivity (Wildman–Crippen MR) is 107 cm³/mol. The molecule has 0 saturated carbocycles. The van der Waals surface area contributed by atoms with Gasteiger partial charge in [-0.2, -0.15) is 0 Å². The van der Waals surface area contributed by atoms with Gasteiger partial charge in [0.1, 0.15) is 6.54 Å². The van der Waals surface area contributed by atoms with Crippen molar-refractivity contribution in [3.05, 3.63) is 35.9 Å². The van der Waals surface area contributed by atoms with Crippen LogP contribution in [0.1, 0.15) is 32.3 Å². The highest BCUT2D eigenvalue weighted by atomic mass is 127. The van der Waals surface area contributed by atoms with Crippen LogP contribution >= 0.6 is 0 Å². The van der Waals surface area contributed by atoms with E-state index in [0.717, 1.165) is 28.5 Å². The lowest BCUT2D eigenvalue weighted by atomic mass is 9.88. The third kappa shape index (κ3) is 9.28. The maximum Gasteiger partial charge on any atom is 0.102 e. The Hall–Kier alpha value is 0.560. The Morgan fingerprint density at radius 1 is 1.11 bits per heavy atom. The summed E-state index contributed by atoms with van der Waals surface area (Å²) in [4.78, 5) is 0. The Bertz CT molecular complexity index is 506. The number of nitrogens with zero attached hydrogens (tertiary/aromatic N) is 2. The first kappa shape index (κ1) is 27.6. The van der Waals surface area contributed by atoms with Crippen molar-refractivity contribution in [2.45, 2.75) is 39.2 Å². The topological polar surface area (TPSA) is 9.23 Å². The van der Waals surface area contributed by atoms with Crippen molar-refractivity contribution in [3.63, 3.8) is 0 Å². The third-order valence-electron chi connectivity index (χ3n) is 6.36. The lowest BCUT2D eigenvalue weighted by Gasteiger charge is -2.41. The summed E-state index contributed by atoms with van der Waals surface area (Å²) in [7, 11) is 7.08. The third-order valence-corrected chi connectivity index (χ3v) is 6.36. The summed E-state index contributed by atoms with van der Waals surface area (Å²) in [5.41, 5.74) is 1.41. The normalized spacial score (nSPS) is 20.3. The van der Waals surface area contributed by atoms with Crippen molar-refractivity contribution in [2.75, 3.05) is 60.5 Å². The summed E-state index contributed by atoms with van der Waals surface area (Å²) in [5.74, 6) is 0.672. The van der Waals surface area contributed by atoms with Gasteiger partial charge in [-0.3, -0.25) is 0 Å². The molecule has 1 fully saturated rings. The van der Waals surface area contributed by atoms with Crippen LogP contribution < -0.4 is 48.0 Å².